The molecule has 0 spiro atoms. The number of piperazine rings is 1. The van der Waals surface area contributed by atoms with Gasteiger partial charge < -0.3 is 9.80 Å². The number of amides is 1. The molecule has 142 valence electrons. The molecule has 0 aliphatic carbocycles. The Morgan fingerprint density at radius 2 is 1.63 bits per heavy atom. The molecule has 2 aromatic carbocycles. The molecular weight excluding hydrogens is 334 g/mol. The topological polar surface area (TPSA) is 26.8 Å². The minimum absolute atomic E-state index is 0.0215. The number of nitrogens with zero attached hydrogens (tertiary/aromatic N) is 3. The van der Waals surface area contributed by atoms with E-state index in [1.165, 1.54) is 16.8 Å². The SMILES string of the molecule is CN1CCC(C(=O)N2CCN(CCc3ccccc3)CC2)c2ccccc21. The van der Waals surface area contributed by atoms with E-state index in [0.717, 1.165) is 52.1 Å². The molecule has 0 radical (unpaired) electrons. The molecule has 0 saturated carbocycles. The Kier molecular flexibility index (Phi) is 5.44. The van der Waals surface area contributed by atoms with E-state index in [1.54, 1.807) is 0 Å². The molecule has 2 aliphatic heterocycles. The van der Waals surface area contributed by atoms with Gasteiger partial charge in [-0.05, 0) is 30.0 Å². The first-order valence-electron chi connectivity index (χ1n) is 10.1. The van der Waals surface area contributed by atoms with Crippen LogP contribution in [-0.4, -0.2) is 62.0 Å². The van der Waals surface area contributed by atoms with Crippen LogP contribution in [0.5, 0.6) is 0 Å². The number of carbonyl (C=O) groups excluding carboxylic acids is 1. The summed E-state index contributed by atoms with van der Waals surface area (Å²) in [5, 5.41) is 0. The maximum atomic E-state index is 13.2. The number of hydrogen-bond acceptors (Lipinski definition) is 3. The Bertz CT molecular complexity index is 768. The zero-order valence-electron chi connectivity index (χ0n) is 16.2. The molecule has 0 bridgehead atoms. The number of hydrogen-bond donors (Lipinski definition) is 0. The molecule has 1 fully saturated rings. The highest BCUT2D eigenvalue weighted by Crippen LogP contribution is 2.35. The molecule has 2 aliphatic rings. The van der Waals surface area contributed by atoms with Crippen LogP contribution >= 0.6 is 0 Å². The molecule has 4 heteroatoms. The average molecular weight is 364 g/mol. The first-order chi connectivity index (χ1) is 13.2. The predicted molar refractivity (Wildman–Crippen MR) is 110 cm³/mol. The highest BCUT2D eigenvalue weighted by molar-refractivity contribution is 5.86. The maximum Gasteiger partial charge on any atom is 0.230 e. The summed E-state index contributed by atoms with van der Waals surface area (Å²) in [5.74, 6) is 0.339. The van der Waals surface area contributed by atoms with Gasteiger partial charge in [-0.15, -0.1) is 0 Å². The Labute approximate surface area is 162 Å². The molecule has 0 N–H and O–H groups in total. The Morgan fingerprint density at radius 1 is 0.926 bits per heavy atom. The lowest BCUT2D eigenvalue weighted by Gasteiger charge is -2.39. The molecule has 1 unspecified atom stereocenters. The zero-order chi connectivity index (χ0) is 18.6. The molecule has 27 heavy (non-hydrogen) atoms. The third kappa shape index (κ3) is 4.01. The van der Waals surface area contributed by atoms with Crippen molar-refractivity contribution in [1.29, 1.82) is 0 Å². The monoisotopic (exact) mass is 363 g/mol. The van der Waals surface area contributed by atoms with Crippen molar-refractivity contribution < 1.29 is 4.79 Å². The van der Waals surface area contributed by atoms with Gasteiger partial charge in [0.15, 0.2) is 0 Å². The first kappa shape index (κ1) is 18.1. The zero-order valence-corrected chi connectivity index (χ0v) is 16.2. The Hall–Kier alpha value is -2.33. The summed E-state index contributed by atoms with van der Waals surface area (Å²) in [7, 11) is 2.12. The van der Waals surface area contributed by atoms with Gasteiger partial charge in [0.1, 0.15) is 0 Å². The summed E-state index contributed by atoms with van der Waals surface area (Å²) in [5.41, 5.74) is 3.80. The second-order valence-electron chi connectivity index (χ2n) is 7.72. The Morgan fingerprint density at radius 3 is 2.41 bits per heavy atom. The summed E-state index contributed by atoms with van der Waals surface area (Å²) < 4.78 is 0. The van der Waals surface area contributed by atoms with Crippen molar-refractivity contribution in [3.63, 3.8) is 0 Å². The summed E-state index contributed by atoms with van der Waals surface area (Å²) in [6, 6.07) is 19.0. The van der Waals surface area contributed by atoms with Crippen molar-refractivity contribution in [2.45, 2.75) is 18.8 Å². The van der Waals surface area contributed by atoms with E-state index < -0.39 is 0 Å². The van der Waals surface area contributed by atoms with Gasteiger partial charge in [-0.25, -0.2) is 0 Å². The first-order valence-corrected chi connectivity index (χ1v) is 10.1. The van der Waals surface area contributed by atoms with E-state index in [9.17, 15) is 4.79 Å². The number of rotatable bonds is 4. The van der Waals surface area contributed by atoms with Crippen molar-refractivity contribution in [2.75, 3.05) is 51.2 Å². The molecule has 1 amide bonds. The van der Waals surface area contributed by atoms with Crippen molar-refractivity contribution in [2.24, 2.45) is 0 Å². The van der Waals surface area contributed by atoms with Crippen molar-refractivity contribution in [1.82, 2.24) is 9.80 Å². The molecule has 4 nitrogen and oxygen atoms in total. The molecule has 1 saturated heterocycles. The fourth-order valence-corrected chi connectivity index (χ4v) is 4.33. The van der Waals surface area contributed by atoms with E-state index in [1.807, 2.05) is 0 Å². The van der Waals surface area contributed by atoms with E-state index in [4.69, 9.17) is 0 Å². The van der Waals surface area contributed by atoms with E-state index in [0.29, 0.717) is 5.91 Å². The van der Waals surface area contributed by atoms with Gasteiger partial charge in [0.25, 0.3) is 0 Å². The normalized spacial score (nSPS) is 20.4. The number of carbonyl (C=O) groups is 1. The smallest absolute Gasteiger partial charge is 0.230 e. The lowest BCUT2D eigenvalue weighted by atomic mass is 9.88. The largest absolute Gasteiger partial charge is 0.374 e. The Balaban J connectivity index is 1.33. The number of anilines is 1. The quantitative estimate of drug-likeness (QED) is 0.836. The highest BCUT2D eigenvalue weighted by Gasteiger charge is 2.32. The summed E-state index contributed by atoms with van der Waals surface area (Å²) in [6.45, 7) is 5.68. The summed E-state index contributed by atoms with van der Waals surface area (Å²) >= 11 is 0. The molecular formula is C23H29N3O. The van der Waals surface area contributed by atoms with Gasteiger partial charge in [0, 0.05) is 52.0 Å². The molecule has 2 aromatic rings. The minimum atomic E-state index is 0.0215. The van der Waals surface area contributed by atoms with Crippen LogP contribution in [-0.2, 0) is 11.2 Å². The maximum absolute atomic E-state index is 13.2. The molecule has 1 atom stereocenters. The van der Waals surface area contributed by atoms with Gasteiger partial charge >= 0.3 is 0 Å². The number of para-hydroxylation sites is 1. The third-order valence-electron chi connectivity index (χ3n) is 6.02. The van der Waals surface area contributed by atoms with Crippen molar-refractivity contribution in [3.8, 4) is 0 Å². The molecule has 0 aromatic heterocycles. The highest BCUT2D eigenvalue weighted by atomic mass is 16.2. The van der Waals surface area contributed by atoms with Crippen molar-refractivity contribution >= 4 is 11.6 Å². The summed E-state index contributed by atoms with van der Waals surface area (Å²) in [4.78, 5) is 20.0. The van der Waals surface area contributed by atoms with Gasteiger partial charge in [0.05, 0.1) is 5.92 Å². The fourth-order valence-electron chi connectivity index (χ4n) is 4.33. The van der Waals surface area contributed by atoms with E-state index in [2.05, 4.69) is 76.3 Å². The molecule has 2 heterocycles. The number of fused-ring (bicyclic) bond motifs is 1. The van der Waals surface area contributed by atoms with Crippen LogP contribution < -0.4 is 4.90 Å². The van der Waals surface area contributed by atoms with Crippen LogP contribution in [0.3, 0.4) is 0 Å². The van der Waals surface area contributed by atoms with Crippen LogP contribution in [0.4, 0.5) is 5.69 Å². The van der Waals surface area contributed by atoms with Crippen LogP contribution in [0.2, 0.25) is 0 Å². The van der Waals surface area contributed by atoms with E-state index >= 15 is 0 Å². The van der Waals surface area contributed by atoms with Crippen molar-refractivity contribution in [3.05, 3.63) is 65.7 Å². The number of benzene rings is 2. The summed E-state index contributed by atoms with van der Waals surface area (Å²) in [6.07, 6.45) is 2.00. The minimum Gasteiger partial charge on any atom is -0.374 e. The predicted octanol–water partition coefficient (Wildman–Crippen LogP) is 3.00. The van der Waals surface area contributed by atoms with Crippen LogP contribution in [0, 0.1) is 0 Å². The van der Waals surface area contributed by atoms with E-state index in [-0.39, 0.29) is 5.92 Å². The van der Waals surface area contributed by atoms with Gasteiger partial charge in [0.2, 0.25) is 5.91 Å². The van der Waals surface area contributed by atoms with Crippen LogP contribution in [0.15, 0.2) is 54.6 Å². The van der Waals surface area contributed by atoms with Crippen LogP contribution in [0.1, 0.15) is 23.5 Å². The lowest BCUT2D eigenvalue weighted by Crippen LogP contribution is -2.51. The second kappa shape index (κ2) is 8.13. The lowest BCUT2D eigenvalue weighted by molar-refractivity contribution is -0.134. The standard InChI is InChI=1S/C23H29N3O/c1-24-13-12-21(20-9-5-6-10-22(20)24)23(27)26-17-15-25(16-18-26)14-11-19-7-3-2-4-8-19/h2-10,21H,11-18H2,1H3. The average Bonchev–Trinajstić information content (AvgIpc) is 2.73. The fraction of sp³-hybridized carbons (Fsp3) is 0.435. The third-order valence-corrected chi connectivity index (χ3v) is 6.02. The van der Waals surface area contributed by atoms with Crippen LogP contribution in [0.25, 0.3) is 0 Å². The van der Waals surface area contributed by atoms with Gasteiger partial charge in [-0.1, -0.05) is 48.5 Å². The molecule has 4 rings (SSSR count). The van der Waals surface area contributed by atoms with Gasteiger partial charge in [-0.3, -0.25) is 9.69 Å². The second-order valence-corrected chi connectivity index (χ2v) is 7.72. The van der Waals surface area contributed by atoms with Gasteiger partial charge in [-0.2, -0.15) is 0 Å².